The van der Waals surface area contributed by atoms with E-state index in [0.29, 0.717) is 22.1 Å². The van der Waals surface area contributed by atoms with E-state index in [2.05, 4.69) is 15.6 Å². The Labute approximate surface area is 182 Å². The van der Waals surface area contributed by atoms with Crippen molar-refractivity contribution >= 4 is 34.0 Å². The molecule has 0 saturated carbocycles. The fourth-order valence-electron chi connectivity index (χ4n) is 2.73. The van der Waals surface area contributed by atoms with Gasteiger partial charge in [0.1, 0.15) is 0 Å². The Morgan fingerprint density at radius 2 is 1.81 bits per heavy atom. The number of thiazole rings is 1. The highest BCUT2D eigenvalue weighted by atomic mass is 32.1. The van der Waals surface area contributed by atoms with Gasteiger partial charge >= 0.3 is 0 Å². The van der Waals surface area contributed by atoms with Gasteiger partial charge in [-0.05, 0) is 51.2 Å². The minimum atomic E-state index is -0.963. The third-order valence-corrected chi connectivity index (χ3v) is 5.48. The normalized spacial score (nSPS) is 11.9. The maximum atomic E-state index is 13.4. The van der Waals surface area contributed by atoms with Crippen molar-refractivity contribution in [3.63, 3.8) is 0 Å². The van der Waals surface area contributed by atoms with E-state index in [9.17, 15) is 18.4 Å². The molecule has 1 heterocycles. The highest BCUT2D eigenvalue weighted by Crippen LogP contribution is 2.26. The number of halogens is 2. The predicted octanol–water partition coefficient (Wildman–Crippen LogP) is 4.29. The molecule has 0 fully saturated rings. The summed E-state index contributed by atoms with van der Waals surface area (Å²) in [4.78, 5) is 30.7. The van der Waals surface area contributed by atoms with Gasteiger partial charge in [0.15, 0.2) is 16.8 Å². The van der Waals surface area contributed by atoms with Gasteiger partial charge in [-0.1, -0.05) is 17.7 Å². The number of nitrogens with zero attached hydrogens (tertiary/aromatic N) is 2. The number of anilines is 2. The van der Waals surface area contributed by atoms with Crippen LogP contribution in [0.1, 0.15) is 12.5 Å². The Kier molecular flexibility index (Phi) is 7.09. The van der Waals surface area contributed by atoms with Crippen LogP contribution in [0.25, 0.3) is 11.3 Å². The number of carbonyl (C=O) groups excluding carboxylic acids is 2. The van der Waals surface area contributed by atoms with Crippen molar-refractivity contribution in [1.82, 2.24) is 9.88 Å². The second-order valence-electron chi connectivity index (χ2n) is 7.16. The SMILES string of the molecule is Cc1ccc(NC(=O)CN(C)C(C)C(=O)Nc2nc(-c3ccc(F)c(F)c3)cs2)cc1. The molecule has 0 radical (unpaired) electrons. The molecule has 2 N–H and O–H groups in total. The van der Waals surface area contributed by atoms with Crippen molar-refractivity contribution in [1.29, 1.82) is 0 Å². The number of nitrogens with one attached hydrogen (secondary N) is 2. The van der Waals surface area contributed by atoms with Crippen LogP contribution in [0.2, 0.25) is 0 Å². The first-order valence-corrected chi connectivity index (χ1v) is 10.4. The lowest BCUT2D eigenvalue weighted by Gasteiger charge is -2.22. The van der Waals surface area contributed by atoms with Gasteiger partial charge < -0.3 is 10.6 Å². The Hall–Kier alpha value is -3.17. The summed E-state index contributed by atoms with van der Waals surface area (Å²) >= 11 is 1.17. The Morgan fingerprint density at radius 1 is 1.10 bits per heavy atom. The maximum Gasteiger partial charge on any atom is 0.243 e. The maximum absolute atomic E-state index is 13.4. The zero-order valence-corrected chi connectivity index (χ0v) is 18.1. The molecule has 0 aliphatic heterocycles. The summed E-state index contributed by atoms with van der Waals surface area (Å²) < 4.78 is 26.5. The third kappa shape index (κ3) is 5.93. The molecular formula is C22H22F2N4O2S. The monoisotopic (exact) mass is 444 g/mol. The smallest absolute Gasteiger partial charge is 0.243 e. The molecule has 31 heavy (non-hydrogen) atoms. The number of benzene rings is 2. The van der Waals surface area contributed by atoms with Crippen molar-refractivity contribution in [3.8, 4) is 11.3 Å². The zero-order chi connectivity index (χ0) is 22.5. The molecule has 2 amide bonds. The molecule has 0 aliphatic carbocycles. The highest BCUT2D eigenvalue weighted by Gasteiger charge is 2.21. The van der Waals surface area contributed by atoms with E-state index in [1.807, 2.05) is 31.2 Å². The number of carbonyl (C=O) groups is 2. The molecule has 0 saturated heterocycles. The summed E-state index contributed by atoms with van der Waals surface area (Å²) in [6, 6.07) is 10.3. The Bertz CT molecular complexity index is 1090. The van der Waals surface area contributed by atoms with Crippen molar-refractivity contribution < 1.29 is 18.4 Å². The van der Waals surface area contributed by atoms with Crippen LogP contribution in [-0.2, 0) is 9.59 Å². The van der Waals surface area contributed by atoms with Crippen LogP contribution < -0.4 is 10.6 Å². The van der Waals surface area contributed by atoms with E-state index < -0.39 is 17.7 Å². The van der Waals surface area contributed by atoms with Crippen LogP contribution in [0.15, 0.2) is 47.8 Å². The Balaban J connectivity index is 1.56. The highest BCUT2D eigenvalue weighted by molar-refractivity contribution is 7.14. The predicted molar refractivity (Wildman–Crippen MR) is 118 cm³/mol. The standard InChI is InChI=1S/C22H22F2N4O2S/c1-13-4-7-16(8-5-13)25-20(29)11-28(3)14(2)21(30)27-22-26-19(12-31-22)15-6-9-17(23)18(24)10-15/h4-10,12,14H,11H2,1-3H3,(H,25,29)(H,26,27,30). The van der Waals surface area contributed by atoms with Gasteiger partial charge in [0.25, 0.3) is 0 Å². The average molecular weight is 445 g/mol. The molecule has 2 aromatic carbocycles. The summed E-state index contributed by atoms with van der Waals surface area (Å²) in [7, 11) is 1.67. The molecular weight excluding hydrogens is 422 g/mol. The van der Waals surface area contributed by atoms with Crippen LogP contribution in [0, 0.1) is 18.6 Å². The van der Waals surface area contributed by atoms with E-state index >= 15 is 0 Å². The number of hydrogen-bond donors (Lipinski definition) is 2. The van der Waals surface area contributed by atoms with Crippen LogP contribution in [0.5, 0.6) is 0 Å². The third-order valence-electron chi connectivity index (χ3n) is 4.72. The summed E-state index contributed by atoms with van der Waals surface area (Å²) in [5.74, 6) is -2.47. The number of aryl methyl sites for hydroxylation is 1. The number of aromatic nitrogens is 1. The molecule has 0 spiro atoms. The van der Waals surface area contributed by atoms with Crippen molar-refractivity contribution in [3.05, 3.63) is 65.0 Å². The van der Waals surface area contributed by atoms with Gasteiger partial charge in [-0.15, -0.1) is 11.3 Å². The molecule has 1 atom stereocenters. The lowest BCUT2D eigenvalue weighted by atomic mass is 10.2. The van der Waals surface area contributed by atoms with Crippen LogP contribution in [0.4, 0.5) is 19.6 Å². The van der Waals surface area contributed by atoms with E-state index in [-0.39, 0.29) is 18.4 Å². The van der Waals surface area contributed by atoms with Gasteiger partial charge in [-0.2, -0.15) is 0 Å². The largest absolute Gasteiger partial charge is 0.325 e. The van der Waals surface area contributed by atoms with Crippen molar-refractivity contribution in [2.45, 2.75) is 19.9 Å². The van der Waals surface area contributed by atoms with E-state index in [4.69, 9.17) is 0 Å². The van der Waals surface area contributed by atoms with Gasteiger partial charge in [0.2, 0.25) is 11.8 Å². The summed E-state index contributed by atoms with van der Waals surface area (Å²) in [6.45, 7) is 3.67. The number of likely N-dealkylation sites (N-methyl/N-ethyl adjacent to an activating group) is 1. The van der Waals surface area contributed by atoms with Gasteiger partial charge in [0.05, 0.1) is 18.3 Å². The molecule has 9 heteroatoms. The molecule has 1 unspecified atom stereocenters. The molecule has 0 aliphatic rings. The van der Waals surface area contributed by atoms with E-state index in [0.717, 1.165) is 17.7 Å². The van der Waals surface area contributed by atoms with Crippen LogP contribution >= 0.6 is 11.3 Å². The molecule has 0 bridgehead atoms. The first-order chi connectivity index (χ1) is 14.7. The number of rotatable bonds is 7. The number of amides is 2. The first-order valence-electron chi connectivity index (χ1n) is 9.51. The van der Waals surface area contributed by atoms with E-state index in [1.165, 1.54) is 17.4 Å². The number of hydrogen-bond acceptors (Lipinski definition) is 5. The van der Waals surface area contributed by atoms with Crippen LogP contribution in [-0.4, -0.2) is 41.3 Å². The fourth-order valence-corrected chi connectivity index (χ4v) is 3.45. The topological polar surface area (TPSA) is 74.3 Å². The van der Waals surface area contributed by atoms with Crippen LogP contribution in [0.3, 0.4) is 0 Å². The molecule has 6 nitrogen and oxygen atoms in total. The molecule has 1 aromatic heterocycles. The summed E-state index contributed by atoms with van der Waals surface area (Å²) in [6.07, 6.45) is 0. The summed E-state index contributed by atoms with van der Waals surface area (Å²) in [5.41, 5.74) is 2.62. The Morgan fingerprint density at radius 3 is 2.48 bits per heavy atom. The lowest BCUT2D eigenvalue weighted by molar-refractivity contribution is -0.122. The molecule has 162 valence electrons. The minimum Gasteiger partial charge on any atom is -0.325 e. The van der Waals surface area contributed by atoms with Crippen molar-refractivity contribution in [2.75, 3.05) is 24.2 Å². The average Bonchev–Trinajstić information content (AvgIpc) is 3.19. The van der Waals surface area contributed by atoms with Gasteiger partial charge in [-0.25, -0.2) is 13.8 Å². The van der Waals surface area contributed by atoms with Gasteiger partial charge in [0, 0.05) is 16.6 Å². The lowest BCUT2D eigenvalue weighted by Crippen LogP contribution is -2.43. The minimum absolute atomic E-state index is 0.0282. The summed E-state index contributed by atoms with van der Waals surface area (Å²) in [5, 5.41) is 7.46. The first kappa shape index (κ1) is 22.5. The van der Waals surface area contributed by atoms with E-state index in [1.54, 1.807) is 24.3 Å². The van der Waals surface area contributed by atoms with Crippen molar-refractivity contribution in [2.24, 2.45) is 0 Å². The zero-order valence-electron chi connectivity index (χ0n) is 17.3. The molecule has 3 aromatic rings. The second-order valence-corrected chi connectivity index (χ2v) is 8.02. The van der Waals surface area contributed by atoms with Gasteiger partial charge in [-0.3, -0.25) is 14.5 Å². The molecule has 3 rings (SSSR count). The second kappa shape index (κ2) is 9.76. The fraction of sp³-hybridized carbons (Fsp3) is 0.227. The quantitative estimate of drug-likeness (QED) is 0.570.